The molecule has 1 N–H and O–H groups in total. The normalized spacial score (nSPS) is 25.0. The van der Waals surface area contributed by atoms with Gasteiger partial charge in [0.25, 0.3) is 5.91 Å². The number of amidine groups is 1. The summed E-state index contributed by atoms with van der Waals surface area (Å²) in [6.07, 6.45) is 4.71. The van der Waals surface area contributed by atoms with Gasteiger partial charge in [-0.25, -0.2) is 4.39 Å². The van der Waals surface area contributed by atoms with E-state index in [-0.39, 0.29) is 17.6 Å². The van der Waals surface area contributed by atoms with Gasteiger partial charge in [0.05, 0.1) is 42.5 Å². The molecule has 9 heteroatoms. The summed E-state index contributed by atoms with van der Waals surface area (Å²) in [5, 5.41) is 2.69. The van der Waals surface area contributed by atoms with Crippen LogP contribution < -0.4 is 5.32 Å². The summed E-state index contributed by atoms with van der Waals surface area (Å²) >= 11 is 0. The zero-order chi connectivity index (χ0) is 24.0. The first-order chi connectivity index (χ1) is 16.2. The summed E-state index contributed by atoms with van der Waals surface area (Å²) < 4.78 is 59.5. The Balaban J connectivity index is 1.45. The molecule has 3 aliphatic heterocycles. The molecule has 1 amide bonds. The van der Waals surface area contributed by atoms with Gasteiger partial charge in [-0.2, -0.15) is 13.2 Å². The van der Waals surface area contributed by atoms with Gasteiger partial charge in [-0.3, -0.25) is 9.79 Å². The summed E-state index contributed by atoms with van der Waals surface area (Å²) in [5.74, 6) is -1.30. The molecule has 180 valence electrons. The molecule has 1 fully saturated rings. The van der Waals surface area contributed by atoms with E-state index in [2.05, 4.69) is 10.2 Å². The molecule has 34 heavy (non-hydrogen) atoms. The Kier molecular flexibility index (Phi) is 5.83. The third-order valence-electron chi connectivity index (χ3n) is 6.88. The molecule has 3 heterocycles. The number of hydrogen-bond donors (Lipinski definition) is 1. The number of fused-ring (bicyclic) bond motifs is 3. The topological polar surface area (TPSA) is 53.9 Å². The minimum absolute atomic E-state index is 0.115. The molecule has 1 aromatic carbocycles. The molecule has 5 rings (SSSR count). The molecule has 3 atom stereocenters. The molecule has 0 radical (unpaired) electrons. The van der Waals surface area contributed by atoms with Crippen molar-refractivity contribution in [2.24, 2.45) is 4.99 Å². The first kappa shape index (κ1) is 22.8. The van der Waals surface area contributed by atoms with Crippen molar-refractivity contribution < 1.29 is 27.1 Å². The largest absolute Gasteiger partial charge is 0.419 e. The van der Waals surface area contributed by atoms with Crippen molar-refractivity contribution in [1.29, 1.82) is 0 Å². The van der Waals surface area contributed by atoms with Crippen molar-refractivity contribution in [3.05, 3.63) is 70.2 Å². The smallest absolute Gasteiger partial charge is 0.377 e. The molecule has 0 saturated heterocycles. The summed E-state index contributed by atoms with van der Waals surface area (Å²) in [7, 11) is 0. The molecule has 0 bridgehead atoms. The number of halogens is 4. The van der Waals surface area contributed by atoms with Crippen molar-refractivity contribution in [3.63, 3.8) is 0 Å². The SMILES string of the molecule is C[C@@H](NC(=O)C1=CC(C2=CCOCC2)=CN2C1=N[C@@H]1CCC[C@@H]12)c1cccc(C(F)(F)F)c1F. The highest BCUT2D eigenvalue weighted by molar-refractivity contribution is 6.22. The van der Waals surface area contributed by atoms with Crippen LogP contribution in [0.5, 0.6) is 0 Å². The van der Waals surface area contributed by atoms with E-state index < -0.39 is 29.5 Å². The van der Waals surface area contributed by atoms with Crippen LogP contribution in [-0.4, -0.2) is 41.9 Å². The number of carbonyl (C=O) groups excluding carboxylic acids is 1. The number of amides is 1. The van der Waals surface area contributed by atoms with Gasteiger partial charge in [0, 0.05) is 11.8 Å². The molecule has 5 nitrogen and oxygen atoms in total. The van der Waals surface area contributed by atoms with Crippen LogP contribution in [0.2, 0.25) is 0 Å². The lowest BCUT2D eigenvalue weighted by Crippen LogP contribution is -2.40. The van der Waals surface area contributed by atoms with Crippen molar-refractivity contribution >= 4 is 11.7 Å². The monoisotopic (exact) mass is 475 g/mol. The van der Waals surface area contributed by atoms with Gasteiger partial charge >= 0.3 is 6.18 Å². The third kappa shape index (κ3) is 4.06. The number of hydrogen-bond acceptors (Lipinski definition) is 4. The van der Waals surface area contributed by atoms with E-state index in [4.69, 9.17) is 9.73 Å². The highest BCUT2D eigenvalue weighted by atomic mass is 19.4. The highest BCUT2D eigenvalue weighted by Gasteiger charge is 2.43. The first-order valence-corrected chi connectivity index (χ1v) is 11.5. The third-order valence-corrected chi connectivity index (χ3v) is 6.88. The minimum Gasteiger partial charge on any atom is -0.377 e. The fraction of sp³-hybridized carbons (Fsp3) is 0.440. The second kappa shape index (κ2) is 8.69. The number of rotatable bonds is 4. The molecule has 1 aliphatic carbocycles. The molecule has 0 unspecified atom stereocenters. The van der Waals surface area contributed by atoms with Crippen molar-refractivity contribution in [3.8, 4) is 0 Å². The molecular weight excluding hydrogens is 450 g/mol. The highest BCUT2D eigenvalue weighted by Crippen LogP contribution is 2.38. The Morgan fingerprint density at radius 2 is 2.12 bits per heavy atom. The number of ether oxygens (including phenoxy) is 1. The maximum Gasteiger partial charge on any atom is 0.419 e. The zero-order valence-corrected chi connectivity index (χ0v) is 18.7. The maximum atomic E-state index is 14.6. The number of allylic oxidation sites excluding steroid dienone is 2. The lowest BCUT2D eigenvalue weighted by molar-refractivity contribution is -0.140. The van der Waals surface area contributed by atoms with Gasteiger partial charge in [-0.05, 0) is 55.9 Å². The Labute approximate surface area is 194 Å². The van der Waals surface area contributed by atoms with E-state index in [9.17, 15) is 22.4 Å². The van der Waals surface area contributed by atoms with Crippen LogP contribution in [0.15, 0.2) is 58.3 Å². The predicted molar refractivity (Wildman–Crippen MR) is 118 cm³/mol. The Morgan fingerprint density at radius 3 is 2.85 bits per heavy atom. The summed E-state index contributed by atoms with van der Waals surface area (Å²) in [6.45, 7) is 2.57. The number of nitrogens with zero attached hydrogens (tertiary/aromatic N) is 2. The summed E-state index contributed by atoms with van der Waals surface area (Å²) in [6, 6.07) is 2.44. The zero-order valence-electron chi connectivity index (χ0n) is 18.7. The summed E-state index contributed by atoms with van der Waals surface area (Å²) in [4.78, 5) is 20.2. The second-order valence-corrected chi connectivity index (χ2v) is 9.02. The number of carbonyl (C=O) groups is 1. The van der Waals surface area contributed by atoms with Gasteiger partial charge in [0.15, 0.2) is 0 Å². The number of nitrogens with one attached hydrogen (secondary N) is 1. The molecule has 1 aromatic rings. The van der Waals surface area contributed by atoms with Gasteiger partial charge < -0.3 is 15.0 Å². The number of alkyl halides is 3. The van der Waals surface area contributed by atoms with Crippen LogP contribution in [0, 0.1) is 5.82 Å². The number of aliphatic imine (C=N–C) groups is 1. The van der Waals surface area contributed by atoms with E-state index in [0.717, 1.165) is 42.9 Å². The van der Waals surface area contributed by atoms with Gasteiger partial charge in [0.1, 0.15) is 11.7 Å². The van der Waals surface area contributed by atoms with Crippen LogP contribution in [0.1, 0.15) is 49.8 Å². The molecule has 4 aliphatic rings. The van der Waals surface area contributed by atoms with Crippen LogP contribution in [0.4, 0.5) is 17.6 Å². The van der Waals surface area contributed by atoms with Crippen molar-refractivity contribution in [2.75, 3.05) is 13.2 Å². The van der Waals surface area contributed by atoms with E-state index in [0.29, 0.717) is 30.7 Å². The fourth-order valence-electron chi connectivity index (χ4n) is 5.14. The van der Waals surface area contributed by atoms with Gasteiger partial charge in [-0.15, -0.1) is 0 Å². The quantitative estimate of drug-likeness (QED) is 0.635. The van der Waals surface area contributed by atoms with E-state index in [1.54, 1.807) is 6.08 Å². The lowest BCUT2D eigenvalue weighted by Gasteiger charge is -2.30. The van der Waals surface area contributed by atoms with Gasteiger partial charge in [0.2, 0.25) is 0 Å². The Hall–Kier alpha value is -2.94. The van der Waals surface area contributed by atoms with E-state index in [1.165, 1.54) is 13.0 Å². The second-order valence-electron chi connectivity index (χ2n) is 9.02. The standard InChI is InChI=1S/C25H25F4N3O2/c1-14(17-4-2-5-19(22(17)26)25(27,28)29)30-24(33)18-12-16(15-8-10-34-11-9-15)13-32-21-7-3-6-20(21)31-23(18)32/h2,4-5,8,12-14,20-21H,3,6-7,9-11H2,1H3,(H,30,33)/t14-,20-,21+/m1/s1. The predicted octanol–water partition coefficient (Wildman–Crippen LogP) is 4.83. The minimum atomic E-state index is -4.82. The first-order valence-electron chi connectivity index (χ1n) is 11.5. The number of benzene rings is 1. The average molecular weight is 475 g/mol. The van der Waals surface area contributed by atoms with Crippen LogP contribution >= 0.6 is 0 Å². The molecule has 0 spiro atoms. The Morgan fingerprint density at radius 1 is 1.29 bits per heavy atom. The molecule has 1 saturated carbocycles. The fourth-order valence-corrected chi connectivity index (χ4v) is 5.14. The molecule has 0 aromatic heterocycles. The van der Waals surface area contributed by atoms with Crippen LogP contribution in [-0.2, 0) is 15.7 Å². The average Bonchev–Trinajstić information content (AvgIpc) is 3.40. The van der Waals surface area contributed by atoms with Crippen LogP contribution in [0.25, 0.3) is 0 Å². The van der Waals surface area contributed by atoms with Crippen molar-refractivity contribution in [1.82, 2.24) is 10.2 Å². The van der Waals surface area contributed by atoms with Crippen molar-refractivity contribution in [2.45, 2.75) is 56.9 Å². The van der Waals surface area contributed by atoms with Gasteiger partial charge in [-0.1, -0.05) is 18.2 Å². The Bertz CT molecular complexity index is 1140. The lowest BCUT2D eigenvalue weighted by atomic mass is 9.95. The molecular formula is C25H25F4N3O2. The summed E-state index contributed by atoms with van der Waals surface area (Å²) in [5.41, 5.74) is 0.758. The maximum absolute atomic E-state index is 14.6. The van der Waals surface area contributed by atoms with E-state index in [1.807, 2.05) is 12.3 Å². The van der Waals surface area contributed by atoms with Crippen LogP contribution in [0.3, 0.4) is 0 Å². The van der Waals surface area contributed by atoms with E-state index >= 15 is 0 Å².